The summed E-state index contributed by atoms with van der Waals surface area (Å²) in [7, 11) is 0. The Balaban J connectivity index is 1.87. The average molecular weight is 355 g/mol. The molecule has 0 saturated heterocycles. The largest absolute Gasteiger partial charge is 0.458 e. The zero-order chi connectivity index (χ0) is 17.9. The van der Waals surface area contributed by atoms with Gasteiger partial charge in [0.25, 0.3) is 0 Å². The smallest absolute Gasteiger partial charge is 0.329 e. The zero-order valence-corrected chi connectivity index (χ0v) is 15.3. The summed E-state index contributed by atoms with van der Waals surface area (Å²) >= 11 is 1.54. The SMILES string of the molecule is CC(C)(C)OC(=O)C(Cc1ccccc1)Nc1ncnc2sccc12. The van der Waals surface area contributed by atoms with E-state index in [1.807, 2.05) is 62.5 Å². The van der Waals surface area contributed by atoms with Crippen LogP contribution in [0, 0.1) is 0 Å². The fourth-order valence-electron chi connectivity index (χ4n) is 2.49. The topological polar surface area (TPSA) is 64.1 Å². The Kier molecular flexibility index (Phi) is 4.99. The van der Waals surface area contributed by atoms with Crippen LogP contribution in [0.4, 0.5) is 5.82 Å². The minimum Gasteiger partial charge on any atom is -0.458 e. The van der Waals surface area contributed by atoms with E-state index in [9.17, 15) is 4.79 Å². The van der Waals surface area contributed by atoms with Crippen LogP contribution in [0.25, 0.3) is 10.2 Å². The van der Waals surface area contributed by atoms with Crippen LogP contribution < -0.4 is 5.32 Å². The van der Waals surface area contributed by atoms with Crippen molar-refractivity contribution in [1.82, 2.24) is 9.97 Å². The molecule has 1 N–H and O–H groups in total. The number of nitrogens with zero attached hydrogens (tertiary/aromatic N) is 2. The highest BCUT2D eigenvalue weighted by atomic mass is 32.1. The van der Waals surface area contributed by atoms with Gasteiger partial charge in [0, 0.05) is 6.42 Å². The second-order valence-corrected chi connectivity index (χ2v) is 7.68. The van der Waals surface area contributed by atoms with Crippen LogP contribution in [0.15, 0.2) is 48.1 Å². The van der Waals surface area contributed by atoms with Gasteiger partial charge in [-0.3, -0.25) is 0 Å². The highest BCUT2D eigenvalue weighted by molar-refractivity contribution is 7.16. The van der Waals surface area contributed by atoms with Crippen molar-refractivity contribution in [3.05, 3.63) is 53.7 Å². The van der Waals surface area contributed by atoms with Crippen molar-refractivity contribution in [3.63, 3.8) is 0 Å². The predicted molar refractivity (Wildman–Crippen MR) is 101 cm³/mol. The van der Waals surface area contributed by atoms with E-state index in [0.717, 1.165) is 15.8 Å². The quantitative estimate of drug-likeness (QED) is 0.699. The monoisotopic (exact) mass is 355 g/mol. The van der Waals surface area contributed by atoms with Crippen molar-refractivity contribution in [2.45, 2.75) is 38.8 Å². The van der Waals surface area contributed by atoms with Gasteiger partial charge in [0.2, 0.25) is 0 Å². The molecule has 6 heteroatoms. The molecule has 2 heterocycles. The van der Waals surface area contributed by atoms with E-state index >= 15 is 0 Å². The number of benzene rings is 1. The lowest BCUT2D eigenvalue weighted by atomic mass is 10.1. The first-order valence-electron chi connectivity index (χ1n) is 8.14. The Bertz CT molecular complexity index is 856. The predicted octanol–water partition coefficient (Wildman–Crippen LogP) is 4.06. The second kappa shape index (κ2) is 7.19. The van der Waals surface area contributed by atoms with Crippen molar-refractivity contribution in [3.8, 4) is 0 Å². The van der Waals surface area contributed by atoms with Crippen LogP contribution in [0.5, 0.6) is 0 Å². The molecule has 0 aliphatic heterocycles. The van der Waals surface area contributed by atoms with Crippen LogP contribution in [-0.2, 0) is 16.0 Å². The van der Waals surface area contributed by atoms with Gasteiger partial charge in [0.15, 0.2) is 0 Å². The van der Waals surface area contributed by atoms with Gasteiger partial charge in [-0.05, 0) is 37.8 Å². The first-order chi connectivity index (χ1) is 11.9. The summed E-state index contributed by atoms with van der Waals surface area (Å²) in [5.74, 6) is 0.358. The molecule has 1 atom stereocenters. The summed E-state index contributed by atoms with van der Waals surface area (Å²) in [5, 5.41) is 6.13. The maximum Gasteiger partial charge on any atom is 0.329 e. The summed E-state index contributed by atoms with van der Waals surface area (Å²) in [4.78, 5) is 22.2. The molecule has 2 aromatic heterocycles. The number of hydrogen-bond donors (Lipinski definition) is 1. The summed E-state index contributed by atoms with van der Waals surface area (Å²) in [6, 6.07) is 11.3. The molecular weight excluding hydrogens is 334 g/mol. The molecule has 1 unspecified atom stereocenters. The number of thiophene rings is 1. The molecular formula is C19H21N3O2S. The summed E-state index contributed by atoms with van der Waals surface area (Å²) in [6.07, 6.45) is 2.03. The summed E-state index contributed by atoms with van der Waals surface area (Å²) in [5.41, 5.74) is 0.512. The number of carbonyl (C=O) groups is 1. The van der Waals surface area contributed by atoms with E-state index in [2.05, 4.69) is 15.3 Å². The van der Waals surface area contributed by atoms with Crippen LogP contribution >= 0.6 is 11.3 Å². The lowest BCUT2D eigenvalue weighted by Crippen LogP contribution is -2.38. The van der Waals surface area contributed by atoms with E-state index in [4.69, 9.17) is 4.74 Å². The summed E-state index contributed by atoms with van der Waals surface area (Å²) < 4.78 is 5.60. The van der Waals surface area contributed by atoms with Crippen LogP contribution in [0.1, 0.15) is 26.3 Å². The van der Waals surface area contributed by atoms with Crippen molar-refractivity contribution < 1.29 is 9.53 Å². The van der Waals surface area contributed by atoms with Crippen LogP contribution in [-0.4, -0.2) is 27.6 Å². The van der Waals surface area contributed by atoms with Crippen molar-refractivity contribution in [2.75, 3.05) is 5.32 Å². The van der Waals surface area contributed by atoms with Gasteiger partial charge >= 0.3 is 5.97 Å². The zero-order valence-electron chi connectivity index (χ0n) is 14.5. The molecule has 130 valence electrons. The minimum absolute atomic E-state index is 0.293. The average Bonchev–Trinajstić information content (AvgIpc) is 3.03. The first kappa shape index (κ1) is 17.4. The van der Waals surface area contributed by atoms with E-state index in [0.29, 0.717) is 12.2 Å². The van der Waals surface area contributed by atoms with Crippen molar-refractivity contribution in [2.24, 2.45) is 0 Å². The maximum atomic E-state index is 12.7. The summed E-state index contributed by atoms with van der Waals surface area (Å²) in [6.45, 7) is 5.60. The van der Waals surface area contributed by atoms with Gasteiger partial charge in [0.05, 0.1) is 5.39 Å². The number of aromatic nitrogens is 2. The first-order valence-corrected chi connectivity index (χ1v) is 9.02. The van der Waals surface area contributed by atoms with Gasteiger partial charge in [-0.2, -0.15) is 0 Å². The minimum atomic E-state index is -0.545. The molecule has 0 aliphatic rings. The molecule has 0 spiro atoms. The Morgan fingerprint density at radius 1 is 1.20 bits per heavy atom. The van der Waals surface area contributed by atoms with Gasteiger partial charge in [0.1, 0.15) is 28.6 Å². The molecule has 0 radical (unpaired) electrons. The number of ether oxygens (including phenoxy) is 1. The third-order valence-corrected chi connectivity index (χ3v) is 4.37. The van der Waals surface area contributed by atoms with Crippen LogP contribution in [0.2, 0.25) is 0 Å². The Hall–Kier alpha value is -2.47. The van der Waals surface area contributed by atoms with Crippen molar-refractivity contribution >= 4 is 33.3 Å². The Labute approximate surface area is 151 Å². The number of anilines is 1. The third kappa shape index (κ3) is 4.54. The standard InChI is InChI=1S/C19H21N3O2S/c1-19(2,3)24-18(23)15(11-13-7-5-4-6-8-13)22-16-14-9-10-25-17(14)21-12-20-16/h4-10,12,15H,11H2,1-3H3,(H,20,21,22). The molecule has 3 aromatic rings. The van der Waals surface area contributed by atoms with Gasteiger partial charge in [-0.25, -0.2) is 14.8 Å². The van der Waals surface area contributed by atoms with Gasteiger partial charge < -0.3 is 10.1 Å². The highest BCUT2D eigenvalue weighted by Crippen LogP contribution is 2.25. The molecule has 25 heavy (non-hydrogen) atoms. The van der Waals surface area contributed by atoms with E-state index in [1.165, 1.54) is 6.33 Å². The number of rotatable bonds is 5. The van der Waals surface area contributed by atoms with E-state index in [1.54, 1.807) is 11.3 Å². The number of hydrogen-bond acceptors (Lipinski definition) is 6. The molecule has 5 nitrogen and oxygen atoms in total. The molecule has 0 aliphatic carbocycles. The van der Waals surface area contributed by atoms with Crippen LogP contribution in [0.3, 0.4) is 0 Å². The number of esters is 1. The number of fused-ring (bicyclic) bond motifs is 1. The highest BCUT2D eigenvalue weighted by Gasteiger charge is 2.26. The third-order valence-electron chi connectivity index (χ3n) is 3.55. The lowest BCUT2D eigenvalue weighted by Gasteiger charge is -2.25. The fourth-order valence-corrected chi connectivity index (χ4v) is 3.22. The normalized spacial score (nSPS) is 12.8. The van der Waals surface area contributed by atoms with E-state index < -0.39 is 11.6 Å². The Morgan fingerprint density at radius 3 is 2.68 bits per heavy atom. The lowest BCUT2D eigenvalue weighted by molar-refractivity contribution is -0.155. The van der Waals surface area contributed by atoms with Gasteiger partial charge in [-0.15, -0.1) is 11.3 Å². The molecule has 0 amide bonds. The molecule has 0 saturated carbocycles. The van der Waals surface area contributed by atoms with Gasteiger partial charge in [-0.1, -0.05) is 30.3 Å². The maximum absolute atomic E-state index is 12.7. The fraction of sp³-hybridized carbons (Fsp3) is 0.316. The molecule has 0 fully saturated rings. The number of carbonyl (C=O) groups excluding carboxylic acids is 1. The molecule has 1 aromatic carbocycles. The Morgan fingerprint density at radius 2 is 1.96 bits per heavy atom. The molecule has 0 bridgehead atoms. The molecule has 3 rings (SSSR count). The second-order valence-electron chi connectivity index (χ2n) is 6.78. The number of nitrogens with one attached hydrogen (secondary N) is 1. The van der Waals surface area contributed by atoms with E-state index in [-0.39, 0.29) is 5.97 Å². The van der Waals surface area contributed by atoms with Crippen molar-refractivity contribution in [1.29, 1.82) is 0 Å².